The Morgan fingerprint density at radius 3 is 2.33 bits per heavy atom. The van der Waals surface area contributed by atoms with Gasteiger partial charge in [-0.1, -0.05) is 13.8 Å². The van der Waals surface area contributed by atoms with Crippen LogP contribution >= 0.6 is 0 Å². The largest absolute Gasteiger partial charge is 0.493 e. The van der Waals surface area contributed by atoms with Crippen LogP contribution in [-0.2, 0) is 4.79 Å². The molecule has 2 aromatic carbocycles. The smallest absolute Gasteiger partial charge is 0.254 e. The van der Waals surface area contributed by atoms with Crippen molar-refractivity contribution in [3.05, 3.63) is 66.0 Å². The Balaban J connectivity index is 1.39. The molecule has 1 saturated heterocycles. The number of hydrogen-bond acceptors (Lipinski definition) is 7. The van der Waals surface area contributed by atoms with Crippen LogP contribution in [0.3, 0.4) is 0 Å². The minimum atomic E-state index is -0.405. The molecule has 0 saturated carbocycles. The summed E-state index contributed by atoms with van der Waals surface area (Å²) in [7, 11) is 3.19. The van der Waals surface area contributed by atoms with Crippen molar-refractivity contribution in [3.63, 3.8) is 0 Å². The first-order valence-corrected chi connectivity index (χ1v) is 13.4. The van der Waals surface area contributed by atoms with Crippen LogP contribution in [-0.4, -0.2) is 85.3 Å². The molecule has 1 aliphatic rings. The van der Waals surface area contributed by atoms with Gasteiger partial charge in [-0.2, -0.15) is 0 Å². The molecular formula is C30H36FN5O4. The number of amides is 2. The molecule has 212 valence electrons. The van der Waals surface area contributed by atoms with Crippen molar-refractivity contribution in [2.45, 2.75) is 20.3 Å². The lowest BCUT2D eigenvalue weighted by Gasteiger charge is -2.28. The predicted octanol–water partition coefficient (Wildman–Crippen LogP) is 4.14. The molecule has 1 fully saturated rings. The summed E-state index contributed by atoms with van der Waals surface area (Å²) < 4.78 is 24.1. The maximum atomic E-state index is 13.4. The summed E-state index contributed by atoms with van der Waals surface area (Å²) in [5.74, 6) is 1.40. The first-order chi connectivity index (χ1) is 19.3. The normalized spacial score (nSPS) is 13.7. The van der Waals surface area contributed by atoms with Crippen molar-refractivity contribution in [3.8, 4) is 22.8 Å². The SMILES string of the molecule is COc1ccc(-c2ccc(N3CCCN(C(=O)CN(CC(C)C)C(=O)c4ccc(F)cc4)CC3)nn2)cc1OC. The highest BCUT2D eigenvalue weighted by Gasteiger charge is 2.25. The Bertz CT molecular complexity index is 1300. The number of carbonyl (C=O) groups is 2. The number of carbonyl (C=O) groups excluding carboxylic acids is 2. The zero-order valence-electron chi connectivity index (χ0n) is 23.5. The zero-order valence-corrected chi connectivity index (χ0v) is 23.5. The van der Waals surface area contributed by atoms with Crippen molar-refractivity contribution in [1.82, 2.24) is 20.0 Å². The summed E-state index contributed by atoms with van der Waals surface area (Å²) in [4.78, 5) is 31.9. The first kappa shape index (κ1) is 28.8. The molecule has 4 rings (SSSR count). The lowest BCUT2D eigenvalue weighted by molar-refractivity contribution is -0.131. The molecule has 0 radical (unpaired) electrons. The van der Waals surface area contributed by atoms with E-state index in [1.807, 2.05) is 44.2 Å². The van der Waals surface area contributed by atoms with E-state index in [4.69, 9.17) is 9.47 Å². The summed E-state index contributed by atoms with van der Waals surface area (Å²) in [6, 6.07) is 14.9. The van der Waals surface area contributed by atoms with Crippen LogP contribution in [0.25, 0.3) is 11.3 Å². The number of halogens is 1. The fraction of sp³-hybridized carbons (Fsp3) is 0.400. The third kappa shape index (κ3) is 7.05. The number of anilines is 1. The summed E-state index contributed by atoms with van der Waals surface area (Å²) in [5.41, 5.74) is 1.95. The van der Waals surface area contributed by atoms with Gasteiger partial charge in [-0.25, -0.2) is 4.39 Å². The molecular weight excluding hydrogens is 513 g/mol. The topological polar surface area (TPSA) is 88.1 Å². The number of ether oxygens (including phenoxy) is 2. The number of nitrogens with zero attached hydrogens (tertiary/aromatic N) is 5. The standard InChI is InChI=1S/C30H36FN5O4/c1-21(2)19-36(30(38)22-6-9-24(31)10-7-22)20-29(37)35-15-5-14-34(16-17-35)28-13-11-25(32-33-28)23-8-12-26(39-3)27(18-23)40-4/h6-13,18,21H,5,14-17,19-20H2,1-4H3. The van der Waals surface area contributed by atoms with Crippen LogP contribution in [0.4, 0.5) is 10.2 Å². The van der Waals surface area contributed by atoms with Gasteiger partial charge < -0.3 is 24.2 Å². The van der Waals surface area contributed by atoms with Crippen molar-refractivity contribution in [2.24, 2.45) is 5.92 Å². The lowest BCUT2D eigenvalue weighted by atomic mass is 10.1. The van der Waals surface area contributed by atoms with Gasteiger partial charge in [0.05, 0.1) is 19.9 Å². The minimum absolute atomic E-state index is 0.0196. The molecule has 0 aliphatic carbocycles. The van der Waals surface area contributed by atoms with Crippen LogP contribution < -0.4 is 14.4 Å². The number of rotatable bonds is 9. The highest BCUT2D eigenvalue weighted by Crippen LogP contribution is 2.31. The first-order valence-electron chi connectivity index (χ1n) is 13.4. The maximum absolute atomic E-state index is 13.4. The van der Waals surface area contributed by atoms with Gasteiger partial charge in [-0.15, -0.1) is 10.2 Å². The lowest BCUT2D eigenvalue weighted by Crippen LogP contribution is -2.45. The van der Waals surface area contributed by atoms with Crippen LogP contribution in [0.2, 0.25) is 0 Å². The van der Waals surface area contributed by atoms with E-state index in [0.717, 1.165) is 24.3 Å². The van der Waals surface area contributed by atoms with Crippen LogP contribution in [0.1, 0.15) is 30.6 Å². The fourth-order valence-corrected chi connectivity index (χ4v) is 4.74. The third-order valence-electron chi connectivity index (χ3n) is 6.79. The van der Waals surface area contributed by atoms with E-state index < -0.39 is 5.82 Å². The van der Waals surface area contributed by atoms with Crippen molar-refractivity contribution < 1.29 is 23.5 Å². The second-order valence-electron chi connectivity index (χ2n) is 10.2. The van der Waals surface area contributed by atoms with Crippen molar-refractivity contribution >= 4 is 17.6 Å². The quantitative estimate of drug-likeness (QED) is 0.397. The Labute approximate surface area is 234 Å². The summed E-state index contributed by atoms with van der Waals surface area (Å²) in [5, 5.41) is 8.88. The van der Waals surface area contributed by atoms with E-state index >= 15 is 0 Å². The monoisotopic (exact) mass is 549 g/mol. The molecule has 10 heteroatoms. The van der Waals surface area contributed by atoms with Gasteiger partial charge >= 0.3 is 0 Å². The molecule has 0 bridgehead atoms. The number of hydrogen-bond donors (Lipinski definition) is 0. The maximum Gasteiger partial charge on any atom is 0.254 e. The molecule has 1 aliphatic heterocycles. The van der Waals surface area contributed by atoms with E-state index in [9.17, 15) is 14.0 Å². The van der Waals surface area contributed by atoms with E-state index in [-0.39, 0.29) is 24.3 Å². The van der Waals surface area contributed by atoms with E-state index in [2.05, 4.69) is 15.1 Å². The fourth-order valence-electron chi connectivity index (χ4n) is 4.74. The van der Waals surface area contributed by atoms with E-state index in [1.165, 1.54) is 24.3 Å². The van der Waals surface area contributed by atoms with Gasteiger partial charge in [0.25, 0.3) is 5.91 Å². The molecule has 40 heavy (non-hydrogen) atoms. The summed E-state index contributed by atoms with van der Waals surface area (Å²) in [6.07, 6.45) is 0.765. The van der Waals surface area contributed by atoms with Gasteiger partial charge in [-0.3, -0.25) is 9.59 Å². The Morgan fingerprint density at radius 2 is 1.68 bits per heavy atom. The Morgan fingerprint density at radius 1 is 0.925 bits per heavy atom. The summed E-state index contributed by atoms with van der Waals surface area (Å²) >= 11 is 0. The number of aromatic nitrogens is 2. The third-order valence-corrected chi connectivity index (χ3v) is 6.79. The zero-order chi connectivity index (χ0) is 28.6. The molecule has 3 aromatic rings. The average molecular weight is 550 g/mol. The highest BCUT2D eigenvalue weighted by molar-refractivity contribution is 5.96. The van der Waals surface area contributed by atoms with Gasteiger partial charge in [0.15, 0.2) is 17.3 Å². The van der Waals surface area contributed by atoms with Crippen molar-refractivity contribution in [2.75, 3.05) is 58.4 Å². The molecule has 0 unspecified atom stereocenters. The molecule has 0 N–H and O–H groups in total. The van der Waals surface area contributed by atoms with Gasteiger partial charge in [0.1, 0.15) is 12.4 Å². The highest BCUT2D eigenvalue weighted by atomic mass is 19.1. The minimum Gasteiger partial charge on any atom is -0.493 e. The molecule has 0 spiro atoms. The molecule has 2 heterocycles. The molecule has 0 atom stereocenters. The Hall–Kier alpha value is -4.21. The van der Waals surface area contributed by atoms with Crippen LogP contribution in [0.15, 0.2) is 54.6 Å². The second kappa shape index (κ2) is 13.2. The number of methoxy groups -OCH3 is 2. The molecule has 2 amide bonds. The Kier molecular flexibility index (Phi) is 9.52. The number of benzene rings is 2. The van der Waals surface area contributed by atoms with Crippen LogP contribution in [0.5, 0.6) is 11.5 Å². The van der Waals surface area contributed by atoms with Crippen molar-refractivity contribution in [1.29, 1.82) is 0 Å². The van der Waals surface area contributed by atoms with Crippen LogP contribution in [0, 0.1) is 11.7 Å². The molecule has 9 nitrogen and oxygen atoms in total. The van der Waals surface area contributed by atoms with Gasteiger partial charge in [-0.05, 0) is 66.9 Å². The van der Waals surface area contributed by atoms with E-state index in [0.29, 0.717) is 48.9 Å². The molecule has 1 aromatic heterocycles. The van der Waals surface area contributed by atoms with Gasteiger partial charge in [0.2, 0.25) is 5.91 Å². The van der Waals surface area contributed by atoms with Gasteiger partial charge in [0, 0.05) is 43.9 Å². The second-order valence-corrected chi connectivity index (χ2v) is 10.2. The summed E-state index contributed by atoms with van der Waals surface area (Å²) in [6.45, 7) is 6.85. The average Bonchev–Trinajstić information content (AvgIpc) is 3.23. The predicted molar refractivity (Wildman–Crippen MR) is 151 cm³/mol. The van der Waals surface area contributed by atoms with E-state index in [1.54, 1.807) is 24.0 Å².